The van der Waals surface area contributed by atoms with Crippen LogP contribution in [0.4, 0.5) is 17.3 Å². The first kappa shape index (κ1) is 22.9. The van der Waals surface area contributed by atoms with Crippen LogP contribution in [0, 0.1) is 0 Å². The number of fused-ring (bicyclic) bond motifs is 1. The molecule has 13 heteroatoms. The number of anilines is 3. The molecule has 0 unspecified atom stereocenters. The summed E-state index contributed by atoms with van der Waals surface area (Å²) < 4.78 is 2.53. The van der Waals surface area contributed by atoms with Crippen molar-refractivity contribution in [2.75, 3.05) is 25.1 Å². The van der Waals surface area contributed by atoms with Gasteiger partial charge < -0.3 is 21.7 Å². The molecule has 0 radical (unpaired) electrons. The number of hydrogen-bond donors (Lipinski definition) is 3. The molecule has 3 aromatic heterocycles. The number of carbonyl (C=O) groups is 2. The third-order valence-electron chi connectivity index (χ3n) is 4.49. The number of amides is 2. The SMILES string of the molecule is C=N/C(=C\N=C(C)n1cccc(Nc2cc(N)n3ncc(C(N)=O)c3n2)c1=O)C(=O)N(C)C. The molecule has 170 valence electrons. The van der Waals surface area contributed by atoms with E-state index in [1.54, 1.807) is 33.2 Å². The number of nitrogens with two attached hydrogens (primary N) is 2. The molecule has 3 aromatic rings. The number of likely N-dealkylation sites (N-methyl/N-ethyl adjacent to an activating group) is 1. The lowest BCUT2D eigenvalue weighted by atomic mass is 10.3. The Hall–Kier alpha value is -4.81. The van der Waals surface area contributed by atoms with Crippen LogP contribution in [0.2, 0.25) is 0 Å². The minimum atomic E-state index is -0.711. The van der Waals surface area contributed by atoms with Crippen LogP contribution in [0.5, 0.6) is 0 Å². The molecule has 0 saturated carbocycles. The van der Waals surface area contributed by atoms with Crippen LogP contribution in [-0.4, -0.2) is 62.5 Å². The lowest BCUT2D eigenvalue weighted by molar-refractivity contribution is -0.124. The van der Waals surface area contributed by atoms with Crippen LogP contribution in [0.25, 0.3) is 5.65 Å². The molecule has 0 aromatic carbocycles. The fourth-order valence-corrected chi connectivity index (χ4v) is 2.82. The van der Waals surface area contributed by atoms with Gasteiger partial charge in [-0.1, -0.05) is 0 Å². The smallest absolute Gasteiger partial charge is 0.279 e. The van der Waals surface area contributed by atoms with Gasteiger partial charge in [-0.3, -0.25) is 23.9 Å². The minimum absolute atomic E-state index is 0.0284. The summed E-state index contributed by atoms with van der Waals surface area (Å²) in [7, 11) is 3.15. The number of carbonyl (C=O) groups excluding carboxylic acids is 2. The zero-order valence-corrected chi connectivity index (χ0v) is 18.2. The van der Waals surface area contributed by atoms with E-state index in [0.717, 1.165) is 0 Å². The summed E-state index contributed by atoms with van der Waals surface area (Å²) in [5.74, 6) is -0.409. The van der Waals surface area contributed by atoms with Crippen molar-refractivity contribution < 1.29 is 9.59 Å². The summed E-state index contributed by atoms with van der Waals surface area (Å²) in [5.41, 5.74) is 11.3. The van der Waals surface area contributed by atoms with E-state index in [-0.39, 0.29) is 46.0 Å². The van der Waals surface area contributed by atoms with Gasteiger partial charge in [0.05, 0.1) is 12.4 Å². The molecule has 0 saturated heterocycles. The first-order valence-electron chi connectivity index (χ1n) is 9.50. The molecule has 0 bridgehead atoms. The van der Waals surface area contributed by atoms with Gasteiger partial charge in [0.1, 0.15) is 34.4 Å². The third-order valence-corrected chi connectivity index (χ3v) is 4.49. The van der Waals surface area contributed by atoms with Gasteiger partial charge in [0.2, 0.25) is 0 Å². The van der Waals surface area contributed by atoms with Gasteiger partial charge in [0, 0.05) is 26.4 Å². The quantitative estimate of drug-likeness (QED) is 0.273. The lowest BCUT2D eigenvalue weighted by Gasteiger charge is -2.11. The largest absolute Gasteiger partial charge is 0.383 e. The number of rotatable bonds is 6. The predicted molar refractivity (Wildman–Crippen MR) is 125 cm³/mol. The third kappa shape index (κ3) is 4.61. The molecule has 13 nitrogen and oxygen atoms in total. The number of nitrogens with zero attached hydrogens (tertiary/aromatic N) is 7. The lowest BCUT2D eigenvalue weighted by Crippen LogP contribution is -2.26. The topological polar surface area (TPSA) is 178 Å². The van der Waals surface area contributed by atoms with Crippen molar-refractivity contribution in [1.29, 1.82) is 0 Å². The van der Waals surface area contributed by atoms with Gasteiger partial charge >= 0.3 is 0 Å². The number of nitrogens with one attached hydrogen (secondary N) is 1. The Morgan fingerprint density at radius 1 is 1.33 bits per heavy atom. The second-order valence-corrected chi connectivity index (χ2v) is 6.99. The average Bonchev–Trinajstić information content (AvgIpc) is 3.20. The maximum atomic E-state index is 13.0. The van der Waals surface area contributed by atoms with E-state index in [0.29, 0.717) is 0 Å². The molecule has 0 aliphatic carbocycles. The molecule has 33 heavy (non-hydrogen) atoms. The Kier molecular flexibility index (Phi) is 6.33. The summed E-state index contributed by atoms with van der Waals surface area (Å²) in [6, 6.07) is 4.63. The van der Waals surface area contributed by atoms with Gasteiger partial charge in [0.15, 0.2) is 5.65 Å². The molecular weight excluding hydrogens is 428 g/mol. The monoisotopic (exact) mass is 450 g/mol. The van der Waals surface area contributed by atoms with Crippen LogP contribution in [0.1, 0.15) is 17.3 Å². The van der Waals surface area contributed by atoms with Crippen LogP contribution in [0.15, 0.2) is 57.3 Å². The highest BCUT2D eigenvalue weighted by Crippen LogP contribution is 2.18. The second-order valence-electron chi connectivity index (χ2n) is 6.99. The Morgan fingerprint density at radius 3 is 2.70 bits per heavy atom. The van der Waals surface area contributed by atoms with Crippen LogP contribution in [0.3, 0.4) is 0 Å². The molecule has 0 aliphatic heterocycles. The summed E-state index contributed by atoms with van der Waals surface area (Å²) in [6.45, 7) is 4.96. The van der Waals surface area contributed by atoms with E-state index in [1.807, 2.05) is 0 Å². The fraction of sp³-hybridized carbons (Fsp3) is 0.150. The highest BCUT2D eigenvalue weighted by molar-refractivity contribution is 5.99. The van der Waals surface area contributed by atoms with Gasteiger partial charge in [-0.25, -0.2) is 9.98 Å². The van der Waals surface area contributed by atoms with Crippen molar-refractivity contribution in [1.82, 2.24) is 24.1 Å². The summed E-state index contributed by atoms with van der Waals surface area (Å²) in [5, 5.41) is 6.87. The Bertz CT molecular complexity index is 1380. The Labute approximate surface area is 187 Å². The normalized spacial score (nSPS) is 12.0. The Morgan fingerprint density at radius 2 is 2.06 bits per heavy atom. The average molecular weight is 450 g/mol. The van der Waals surface area contributed by atoms with E-state index >= 15 is 0 Å². The zero-order chi connectivity index (χ0) is 24.3. The molecule has 5 N–H and O–H groups in total. The molecule has 3 rings (SSSR count). The molecule has 0 aliphatic rings. The maximum absolute atomic E-state index is 13.0. The van der Waals surface area contributed by atoms with Crippen molar-refractivity contribution >= 4 is 47.3 Å². The molecule has 2 amide bonds. The summed E-state index contributed by atoms with van der Waals surface area (Å²) >= 11 is 0. The number of hydrogen-bond acceptors (Lipinski definition) is 9. The number of nitrogen functional groups attached to an aromatic ring is 1. The summed E-state index contributed by atoms with van der Waals surface area (Å²) in [4.78, 5) is 50.1. The van der Waals surface area contributed by atoms with Gasteiger partial charge in [-0.05, 0) is 25.8 Å². The Balaban J connectivity index is 1.97. The zero-order valence-electron chi connectivity index (χ0n) is 18.2. The molecule has 3 heterocycles. The highest BCUT2D eigenvalue weighted by atomic mass is 16.2. The van der Waals surface area contributed by atoms with Gasteiger partial charge in [0.25, 0.3) is 17.4 Å². The van der Waals surface area contributed by atoms with Crippen molar-refractivity contribution in [3.8, 4) is 0 Å². The van der Waals surface area contributed by atoms with Gasteiger partial charge in [-0.2, -0.15) is 9.61 Å². The van der Waals surface area contributed by atoms with Crippen LogP contribution < -0.4 is 22.3 Å². The number of aromatic nitrogens is 4. The second kappa shape index (κ2) is 9.13. The first-order chi connectivity index (χ1) is 15.6. The molecule has 0 spiro atoms. The number of pyridine rings is 1. The number of aliphatic imine (C=N–C) groups is 2. The van der Waals surface area contributed by atoms with E-state index in [4.69, 9.17) is 11.5 Å². The van der Waals surface area contributed by atoms with Crippen LogP contribution >= 0.6 is 0 Å². The van der Waals surface area contributed by atoms with Crippen molar-refractivity contribution in [3.05, 3.63) is 58.4 Å². The number of primary amides is 1. The van der Waals surface area contributed by atoms with Crippen molar-refractivity contribution in [3.63, 3.8) is 0 Å². The van der Waals surface area contributed by atoms with Gasteiger partial charge in [-0.15, -0.1) is 0 Å². The van der Waals surface area contributed by atoms with E-state index in [2.05, 4.69) is 32.1 Å². The maximum Gasteiger partial charge on any atom is 0.279 e. The molecular formula is C20H22N10O3. The van der Waals surface area contributed by atoms with E-state index in [9.17, 15) is 14.4 Å². The van der Waals surface area contributed by atoms with Crippen molar-refractivity contribution in [2.24, 2.45) is 15.7 Å². The van der Waals surface area contributed by atoms with E-state index < -0.39 is 11.5 Å². The fourth-order valence-electron chi connectivity index (χ4n) is 2.82. The first-order valence-corrected chi connectivity index (χ1v) is 9.50. The van der Waals surface area contributed by atoms with Crippen molar-refractivity contribution in [2.45, 2.75) is 6.92 Å². The van der Waals surface area contributed by atoms with Crippen LogP contribution in [-0.2, 0) is 4.79 Å². The standard InChI is InChI=1S/C20H22N10O3/c1-11(24-10-14(23-2)19(32)28(3)4)29-7-5-6-13(20(29)33)26-16-8-15(21)30-18(27-16)12(9-25-30)17(22)31/h5-10H,2,21H2,1,3-4H3,(H2,22,31)(H,26,27)/b14-10-,24-11?. The molecule has 0 fully saturated rings. The highest BCUT2D eigenvalue weighted by Gasteiger charge is 2.15. The molecule has 0 atom stereocenters. The summed E-state index contributed by atoms with van der Waals surface area (Å²) in [6.07, 6.45) is 4.02. The predicted octanol–water partition coefficient (Wildman–Crippen LogP) is 0.212. The van der Waals surface area contributed by atoms with E-state index in [1.165, 1.54) is 38.6 Å². The minimum Gasteiger partial charge on any atom is -0.383 e.